The number of thiazole rings is 1. The highest BCUT2D eigenvalue weighted by molar-refractivity contribution is 7.18. The first kappa shape index (κ1) is 15.1. The predicted molar refractivity (Wildman–Crippen MR) is 83.4 cm³/mol. The van der Waals surface area contributed by atoms with Crippen molar-refractivity contribution < 1.29 is 4.79 Å². The van der Waals surface area contributed by atoms with Gasteiger partial charge in [-0.15, -0.1) is 0 Å². The van der Waals surface area contributed by atoms with Crippen LogP contribution in [-0.4, -0.2) is 56.1 Å². The van der Waals surface area contributed by atoms with E-state index in [2.05, 4.69) is 22.2 Å². The van der Waals surface area contributed by atoms with E-state index in [1.54, 1.807) is 0 Å². The average molecular weight is 297 g/mol. The maximum Gasteiger partial charge on any atom is 0.265 e. The second kappa shape index (κ2) is 6.41. The topological polar surface area (TPSA) is 74.5 Å². The standard InChI is InChI=1S/C13H23N5OS/c1-4-18(3)13-16-11(14)10(20-13)12(19)15-7-9-5-6-17(2)8-9/h9H,4-8,14H2,1-3H3,(H,15,19). The zero-order valence-corrected chi connectivity index (χ0v) is 13.2. The number of amides is 1. The summed E-state index contributed by atoms with van der Waals surface area (Å²) in [5, 5.41) is 3.77. The first-order valence-electron chi connectivity index (χ1n) is 6.95. The Kier molecular flexibility index (Phi) is 4.82. The molecule has 1 unspecified atom stereocenters. The van der Waals surface area contributed by atoms with E-state index >= 15 is 0 Å². The summed E-state index contributed by atoms with van der Waals surface area (Å²) in [5.41, 5.74) is 5.84. The molecule has 2 rings (SSSR count). The van der Waals surface area contributed by atoms with Crippen molar-refractivity contribution in [1.29, 1.82) is 0 Å². The van der Waals surface area contributed by atoms with Crippen LogP contribution < -0.4 is 16.0 Å². The average Bonchev–Trinajstić information content (AvgIpc) is 3.01. The lowest BCUT2D eigenvalue weighted by molar-refractivity contribution is 0.0952. The third-order valence-corrected chi connectivity index (χ3v) is 4.87. The van der Waals surface area contributed by atoms with E-state index in [0.29, 0.717) is 23.2 Å². The number of rotatable bonds is 5. The van der Waals surface area contributed by atoms with Gasteiger partial charge in [0.2, 0.25) is 0 Å². The number of likely N-dealkylation sites (tertiary alicyclic amines) is 1. The molecule has 0 aliphatic carbocycles. The molecule has 2 heterocycles. The van der Waals surface area contributed by atoms with Gasteiger partial charge in [0.05, 0.1) is 0 Å². The van der Waals surface area contributed by atoms with Gasteiger partial charge >= 0.3 is 0 Å². The fraction of sp³-hybridized carbons (Fsp3) is 0.692. The van der Waals surface area contributed by atoms with Crippen molar-refractivity contribution in [1.82, 2.24) is 15.2 Å². The van der Waals surface area contributed by atoms with Crippen LogP contribution in [0.2, 0.25) is 0 Å². The minimum atomic E-state index is -0.106. The highest BCUT2D eigenvalue weighted by atomic mass is 32.1. The lowest BCUT2D eigenvalue weighted by atomic mass is 10.1. The molecule has 3 N–H and O–H groups in total. The van der Waals surface area contributed by atoms with Gasteiger partial charge in [-0.25, -0.2) is 4.98 Å². The van der Waals surface area contributed by atoms with Crippen molar-refractivity contribution in [3.05, 3.63) is 4.88 Å². The van der Waals surface area contributed by atoms with Crippen LogP contribution in [0.25, 0.3) is 0 Å². The molecule has 1 saturated heterocycles. The van der Waals surface area contributed by atoms with Crippen LogP contribution in [0.1, 0.15) is 23.0 Å². The van der Waals surface area contributed by atoms with Crippen molar-refractivity contribution in [3.8, 4) is 0 Å². The Morgan fingerprint density at radius 2 is 2.40 bits per heavy atom. The Morgan fingerprint density at radius 1 is 1.65 bits per heavy atom. The van der Waals surface area contributed by atoms with Gasteiger partial charge in [0.25, 0.3) is 5.91 Å². The Morgan fingerprint density at radius 3 is 3.00 bits per heavy atom. The molecule has 20 heavy (non-hydrogen) atoms. The number of nitrogens with two attached hydrogens (primary N) is 1. The van der Waals surface area contributed by atoms with Crippen LogP contribution in [0.5, 0.6) is 0 Å². The van der Waals surface area contributed by atoms with E-state index in [1.807, 2.05) is 18.9 Å². The lowest BCUT2D eigenvalue weighted by Crippen LogP contribution is -2.30. The van der Waals surface area contributed by atoms with Gasteiger partial charge in [-0.1, -0.05) is 11.3 Å². The highest BCUT2D eigenvalue weighted by Crippen LogP contribution is 2.27. The number of nitrogens with one attached hydrogen (secondary N) is 1. The van der Waals surface area contributed by atoms with Gasteiger partial charge < -0.3 is 20.9 Å². The minimum Gasteiger partial charge on any atom is -0.382 e. The van der Waals surface area contributed by atoms with Crippen LogP contribution in [0, 0.1) is 5.92 Å². The van der Waals surface area contributed by atoms with Crippen LogP contribution in [0.15, 0.2) is 0 Å². The number of hydrogen-bond acceptors (Lipinski definition) is 6. The number of carbonyl (C=O) groups excluding carboxylic acids is 1. The van der Waals surface area contributed by atoms with Crippen molar-refractivity contribution >= 4 is 28.2 Å². The zero-order valence-electron chi connectivity index (χ0n) is 12.3. The van der Waals surface area contributed by atoms with E-state index in [-0.39, 0.29) is 5.91 Å². The molecule has 1 fully saturated rings. The summed E-state index contributed by atoms with van der Waals surface area (Å²) in [6, 6.07) is 0. The summed E-state index contributed by atoms with van der Waals surface area (Å²) in [7, 11) is 4.05. The molecule has 0 aromatic carbocycles. The number of nitrogen functional groups attached to an aromatic ring is 1. The number of hydrogen-bond donors (Lipinski definition) is 2. The molecular weight excluding hydrogens is 274 g/mol. The van der Waals surface area contributed by atoms with E-state index in [0.717, 1.165) is 31.2 Å². The van der Waals surface area contributed by atoms with Crippen molar-refractivity contribution in [3.63, 3.8) is 0 Å². The SMILES string of the molecule is CCN(C)c1nc(N)c(C(=O)NCC2CCN(C)C2)s1. The van der Waals surface area contributed by atoms with Gasteiger partial charge in [-0.2, -0.15) is 0 Å². The van der Waals surface area contributed by atoms with Crippen LogP contribution in [-0.2, 0) is 0 Å². The maximum atomic E-state index is 12.2. The summed E-state index contributed by atoms with van der Waals surface area (Å²) in [5.74, 6) is 0.757. The fourth-order valence-corrected chi connectivity index (χ4v) is 3.22. The quantitative estimate of drug-likeness (QED) is 0.843. The second-order valence-electron chi connectivity index (χ2n) is 5.35. The minimum absolute atomic E-state index is 0.106. The molecule has 7 heteroatoms. The summed E-state index contributed by atoms with van der Waals surface area (Å²) in [6.07, 6.45) is 1.14. The molecule has 1 aliphatic heterocycles. The molecule has 1 amide bonds. The molecule has 0 spiro atoms. The summed E-state index contributed by atoms with van der Waals surface area (Å²) >= 11 is 1.35. The zero-order chi connectivity index (χ0) is 14.7. The Hall–Kier alpha value is -1.34. The van der Waals surface area contributed by atoms with Crippen molar-refractivity contribution in [2.45, 2.75) is 13.3 Å². The second-order valence-corrected chi connectivity index (χ2v) is 6.33. The first-order chi connectivity index (χ1) is 9.51. The third-order valence-electron chi connectivity index (χ3n) is 3.69. The van der Waals surface area contributed by atoms with Crippen LogP contribution >= 0.6 is 11.3 Å². The largest absolute Gasteiger partial charge is 0.382 e. The lowest BCUT2D eigenvalue weighted by Gasteiger charge is -2.11. The number of aromatic nitrogens is 1. The normalized spacial score (nSPS) is 19.2. The molecule has 1 atom stereocenters. The van der Waals surface area contributed by atoms with Crippen LogP contribution in [0.3, 0.4) is 0 Å². The van der Waals surface area contributed by atoms with Gasteiger partial charge in [-0.3, -0.25) is 4.79 Å². The number of carbonyl (C=O) groups is 1. The van der Waals surface area contributed by atoms with E-state index in [4.69, 9.17) is 5.73 Å². The first-order valence-corrected chi connectivity index (χ1v) is 7.77. The van der Waals surface area contributed by atoms with Gasteiger partial charge in [0.15, 0.2) is 5.13 Å². The number of nitrogens with zero attached hydrogens (tertiary/aromatic N) is 3. The molecular formula is C13H23N5OS. The van der Waals surface area contributed by atoms with Gasteiger partial charge in [0.1, 0.15) is 10.7 Å². The molecule has 1 aliphatic rings. The highest BCUT2D eigenvalue weighted by Gasteiger charge is 2.22. The van der Waals surface area contributed by atoms with Crippen molar-refractivity contribution in [2.24, 2.45) is 5.92 Å². The van der Waals surface area contributed by atoms with Crippen LogP contribution in [0.4, 0.5) is 10.9 Å². The van der Waals surface area contributed by atoms with Gasteiger partial charge in [0, 0.05) is 26.7 Å². The van der Waals surface area contributed by atoms with E-state index < -0.39 is 0 Å². The third kappa shape index (κ3) is 3.40. The maximum absolute atomic E-state index is 12.2. The fourth-order valence-electron chi connectivity index (χ4n) is 2.29. The smallest absolute Gasteiger partial charge is 0.265 e. The number of anilines is 2. The summed E-state index contributed by atoms with van der Waals surface area (Å²) in [4.78, 5) is 21.2. The van der Waals surface area contributed by atoms with Gasteiger partial charge in [-0.05, 0) is 32.9 Å². The molecule has 6 nitrogen and oxygen atoms in total. The Balaban J connectivity index is 1.93. The summed E-state index contributed by atoms with van der Waals surface area (Å²) in [6.45, 7) is 5.73. The van der Waals surface area contributed by atoms with Crippen molar-refractivity contribution in [2.75, 3.05) is 50.9 Å². The molecule has 0 saturated carbocycles. The molecule has 0 radical (unpaired) electrons. The molecule has 0 bridgehead atoms. The summed E-state index contributed by atoms with van der Waals surface area (Å²) < 4.78 is 0. The Bertz CT molecular complexity index is 475. The predicted octanol–water partition coefficient (Wildman–Crippen LogP) is 0.863. The monoisotopic (exact) mass is 297 g/mol. The molecule has 1 aromatic heterocycles. The van der Waals surface area contributed by atoms with E-state index in [9.17, 15) is 4.79 Å². The molecule has 1 aromatic rings. The Labute approximate surface area is 124 Å². The van der Waals surface area contributed by atoms with E-state index in [1.165, 1.54) is 11.3 Å². The molecule has 112 valence electrons.